The Morgan fingerprint density at radius 1 is 1.67 bits per heavy atom. The summed E-state index contributed by atoms with van der Waals surface area (Å²) in [5.41, 5.74) is 5.42. The molecule has 0 radical (unpaired) electrons. The zero-order valence-corrected chi connectivity index (χ0v) is 7.17. The molecule has 0 aromatic carbocycles. The highest BCUT2D eigenvalue weighted by Crippen LogP contribution is 1.96. The predicted octanol–water partition coefficient (Wildman–Crippen LogP) is -0.0278. The third-order valence-electron chi connectivity index (χ3n) is 1.54. The minimum atomic E-state index is -0.108. The molecule has 2 N–H and O–H groups in total. The molecule has 4 heteroatoms. The van der Waals surface area contributed by atoms with Crippen molar-refractivity contribution in [1.29, 1.82) is 0 Å². The zero-order valence-electron chi connectivity index (χ0n) is 7.17. The molecule has 0 bridgehead atoms. The summed E-state index contributed by atoms with van der Waals surface area (Å²) in [5, 5.41) is 0. The molecule has 0 aromatic heterocycles. The van der Waals surface area contributed by atoms with Gasteiger partial charge in [0, 0.05) is 6.08 Å². The van der Waals surface area contributed by atoms with Crippen LogP contribution in [-0.4, -0.2) is 25.2 Å². The third kappa shape index (κ3) is 3.02. The number of amides is 1. The molecule has 4 nitrogen and oxygen atoms in total. The summed E-state index contributed by atoms with van der Waals surface area (Å²) in [6.45, 7) is 3.34. The van der Waals surface area contributed by atoms with E-state index in [4.69, 9.17) is 4.74 Å². The number of nitrogens with one attached hydrogen (secondary N) is 2. The lowest BCUT2D eigenvalue weighted by Crippen LogP contribution is -2.53. The number of allylic oxidation sites excluding steroid dienone is 1. The maximum atomic E-state index is 10.9. The van der Waals surface area contributed by atoms with Gasteiger partial charge in [0.1, 0.15) is 0 Å². The van der Waals surface area contributed by atoms with Crippen LogP contribution in [0.15, 0.2) is 12.2 Å². The highest BCUT2D eigenvalue weighted by molar-refractivity contribution is 5.86. The first-order valence-corrected chi connectivity index (χ1v) is 4.12. The fourth-order valence-electron chi connectivity index (χ4n) is 0.759. The first kappa shape index (κ1) is 9.22. The summed E-state index contributed by atoms with van der Waals surface area (Å²) in [6, 6.07) is 0.281. The van der Waals surface area contributed by atoms with E-state index in [9.17, 15) is 4.79 Å². The Morgan fingerprint density at radius 3 is 2.92 bits per heavy atom. The molecule has 0 spiro atoms. The molecule has 0 aromatic rings. The Kier molecular flexibility index (Phi) is 3.76. The summed E-state index contributed by atoms with van der Waals surface area (Å²) in [7, 11) is 0. The molecular formula is C8H14N2O2. The number of rotatable bonds is 4. The van der Waals surface area contributed by atoms with E-state index in [2.05, 4.69) is 10.9 Å². The smallest absolute Gasteiger partial charge is 0.257 e. The molecule has 0 saturated carbocycles. The Hall–Kier alpha value is -0.870. The fourth-order valence-corrected chi connectivity index (χ4v) is 0.759. The van der Waals surface area contributed by atoms with Gasteiger partial charge < -0.3 is 4.74 Å². The lowest BCUT2D eigenvalue weighted by Gasteiger charge is -2.26. The van der Waals surface area contributed by atoms with Gasteiger partial charge in [-0.05, 0) is 6.42 Å². The van der Waals surface area contributed by atoms with Crippen molar-refractivity contribution in [2.75, 3.05) is 13.2 Å². The van der Waals surface area contributed by atoms with Crippen LogP contribution >= 0.6 is 0 Å². The van der Waals surface area contributed by atoms with Crippen molar-refractivity contribution in [3.05, 3.63) is 12.2 Å². The molecule has 12 heavy (non-hydrogen) atoms. The lowest BCUT2D eigenvalue weighted by molar-refractivity contribution is -0.118. The van der Waals surface area contributed by atoms with Crippen LogP contribution in [0, 0.1) is 0 Å². The van der Waals surface area contributed by atoms with Gasteiger partial charge in [0.05, 0.1) is 19.3 Å². The zero-order chi connectivity index (χ0) is 8.81. The quantitative estimate of drug-likeness (QED) is 0.460. The van der Waals surface area contributed by atoms with Gasteiger partial charge in [0.2, 0.25) is 0 Å². The second kappa shape index (κ2) is 4.90. The first-order chi connectivity index (χ1) is 5.83. The number of hydrazine groups is 1. The number of carbonyl (C=O) groups excluding carboxylic acids is 1. The molecule has 0 aliphatic carbocycles. The van der Waals surface area contributed by atoms with E-state index in [0.717, 1.165) is 6.42 Å². The number of hydrogen-bond acceptors (Lipinski definition) is 3. The summed E-state index contributed by atoms with van der Waals surface area (Å²) < 4.78 is 4.92. The van der Waals surface area contributed by atoms with Crippen LogP contribution in [0.3, 0.4) is 0 Å². The summed E-state index contributed by atoms with van der Waals surface area (Å²) in [6.07, 6.45) is 4.21. The predicted molar refractivity (Wildman–Crippen MR) is 45.3 cm³/mol. The first-order valence-electron chi connectivity index (χ1n) is 4.12. The molecule has 1 aliphatic heterocycles. The molecule has 1 aliphatic rings. The van der Waals surface area contributed by atoms with Gasteiger partial charge in [0.15, 0.2) is 0 Å². The van der Waals surface area contributed by atoms with Gasteiger partial charge in [-0.2, -0.15) is 0 Å². The molecule has 0 unspecified atom stereocenters. The van der Waals surface area contributed by atoms with Crippen LogP contribution in [0.2, 0.25) is 0 Å². The van der Waals surface area contributed by atoms with Crippen molar-refractivity contribution in [2.45, 2.75) is 19.4 Å². The van der Waals surface area contributed by atoms with Crippen LogP contribution in [0.4, 0.5) is 0 Å². The van der Waals surface area contributed by atoms with E-state index < -0.39 is 0 Å². The van der Waals surface area contributed by atoms with Gasteiger partial charge in [-0.1, -0.05) is 13.0 Å². The molecule has 1 amide bonds. The van der Waals surface area contributed by atoms with Crippen LogP contribution in [0.1, 0.15) is 13.3 Å². The Morgan fingerprint density at radius 2 is 2.42 bits per heavy atom. The van der Waals surface area contributed by atoms with Crippen LogP contribution in [0.25, 0.3) is 0 Å². The maximum Gasteiger partial charge on any atom is 0.257 e. The van der Waals surface area contributed by atoms with E-state index >= 15 is 0 Å². The lowest BCUT2D eigenvalue weighted by atomic mass is 10.3. The highest BCUT2D eigenvalue weighted by atomic mass is 16.5. The van der Waals surface area contributed by atoms with Crippen LogP contribution in [-0.2, 0) is 9.53 Å². The van der Waals surface area contributed by atoms with E-state index in [1.807, 2.05) is 13.0 Å². The van der Waals surface area contributed by atoms with Crippen LogP contribution < -0.4 is 10.9 Å². The average molecular weight is 170 g/mol. The topological polar surface area (TPSA) is 50.4 Å². The second-order valence-electron chi connectivity index (χ2n) is 2.68. The monoisotopic (exact) mass is 170 g/mol. The van der Waals surface area contributed by atoms with Crippen molar-refractivity contribution < 1.29 is 9.53 Å². The van der Waals surface area contributed by atoms with Crippen molar-refractivity contribution in [3.8, 4) is 0 Å². The molecule has 0 atom stereocenters. The third-order valence-corrected chi connectivity index (χ3v) is 1.54. The second-order valence-corrected chi connectivity index (χ2v) is 2.68. The summed E-state index contributed by atoms with van der Waals surface area (Å²) in [5.74, 6) is -0.108. The fraction of sp³-hybridized carbons (Fsp3) is 0.625. The van der Waals surface area contributed by atoms with E-state index in [0.29, 0.717) is 13.2 Å². The van der Waals surface area contributed by atoms with Crippen molar-refractivity contribution in [1.82, 2.24) is 10.9 Å². The number of hydrogen-bond donors (Lipinski definition) is 2. The largest absolute Gasteiger partial charge is 0.378 e. The molecule has 1 rings (SSSR count). The Labute approximate surface area is 71.9 Å². The van der Waals surface area contributed by atoms with E-state index in [1.54, 1.807) is 0 Å². The van der Waals surface area contributed by atoms with Crippen molar-refractivity contribution >= 4 is 5.91 Å². The molecule has 1 saturated heterocycles. The molecule has 68 valence electrons. The van der Waals surface area contributed by atoms with Gasteiger partial charge in [0.25, 0.3) is 5.91 Å². The Balaban J connectivity index is 2.05. The van der Waals surface area contributed by atoms with Gasteiger partial charge in [-0.15, -0.1) is 0 Å². The van der Waals surface area contributed by atoms with Gasteiger partial charge in [-0.3, -0.25) is 10.2 Å². The summed E-state index contributed by atoms with van der Waals surface area (Å²) in [4.78, 5) is 10.9. The normalized spacial score (nSPS) is 17.8. The SMILES string of the molecule is CCC=CC(=O)NNC1COC1. The molecular weight excluding hydrogens is 156 g/mol. The minimum Gasteiger partial charge on any atom is -0.378 e. The van der Waals surface area contributed by atoms with E-state index in [-0.39, 0.29) is 11.9 Å². The van der Waals surface area contributed by atoms with Crippen molar-refractivity contribution in [3.63, 3.8) is 0 Å². The Bertz CT molecular complexity index is 176. The van der Waals surface area contributed by atoms with Gasteiger partial charge in [-0.25, -0.2) is 5.43 Å². The van der Waals surface area contributed by atoms with Crippen LogP contribution in [0.5, 0.6) is 0 Å². The molecule has 1 heterocycles. The molecule has 1 fully saturated rings. The van der Waals surface area contributed by atoms with Crippen molar-refractivity contribution in [2.24, 2.45) is 0 Å². The highest BCUT2D eigenvalue weighted by Gasteiger charge is 2.17. The average Bonchev–Trinajstić information content (AvgIpc) is 1.98. The van der Waals surface area contributed by atoms with E-state index in [1.165, 1.54) is 6.08 Å². The van der Waals surface area contributed by atoms with Gasteiger partial charge >= 0.3 is 0 Å². The number of carbonyl (C=O) groups is 1. The summed E-state index contributed by atoms with van der Waals surface area (Å²) >= 11 is 0. The minimum absolute atomic E-state index is 0.108. The maximum absolute atomic E-state index is 10.9. The standard InChI is InChI=1S/C8H14N2O2/c1-2-3-4-8(11)10-9-7-5-12-6-7/h3-4,7,9H,2,5-6H2,1H3,(H,10,11). The number of ether oxygens (including phenoxy) is 1.